The van der Waals surface area contributed by atoms with Crippen LogP contribution in [-0.4, -0.2) is 91.3 Å². The smallest absolute Gasteiger partial charge is 0.253 e. The van der Waals surface area contributed by atoms with Crippen LogP contribution in [0.25, 0.3) is 11.0 Å². The van der Waals surface area contributed by atoms with E-state index in [1.54, 1.807) is 12.3 Å². The second-order valence-corrected chi connectivity index (χ2v) is 9.75. The monoisotopic (exact) mass is 499 g/mol. The van der Waals surface area contributed by atoms with Crippen molar-refractivity contribution in [2.45, 2.75) is 55.9 Å². The van der Waals surface area contributed by atoms with Gasteiger partial charge >= 0.3 is 0 Å². The van der Waals surface area contributed by atoms with Gasteiger partial charge in [-0.1, -0.05) is 6.08 Å². The van der Waals surface area contributed by atoms with Crippen molar-refractivity contribution < 1.29 is 39.4 Å². The number of nitrogens with one attached hydrogen (secondary N) is 1. The van der Waals surface area contributed by atoms with Gasteiger partial charge in [0.2, 0.25) is 6.29 Å². The van der Waals surface area contributed by atoms with E-state index >= 15 is 0 Å². The summed E-state index contributed by atoms with van der Waals surface area (Å²) in [5, 5.41) is 41.1. The fourth-order valence-electron chi connectivity index (χ4n) is 6.01. The van der Waals surface area contributed by atoms with E-state index in [1.807, 2.05) is 17.0 Å². The maximum Gasteiger partial charge on any atom is 0.253 e. The molecule has 36 heavy (non-hydrogen) atoms. The van der Waals surface area contributed by atoms with Crippen LogP contribution in [0.15, 0.2) is 42.8 Å². The molecule has 0 radical (unpaired) electrons. The third-order valence-corrected chi connectivity index (χ3v) is 7.90. The van der Waals surface area contributed by atoms with Crippen LogP contribution in [0.1, 0.15) is 23.7 Å². The number of H-pyrrole nitrogens is 1. The number of carbonyl (C=O) groups is 1. The highest BCUT2D eigenvalue weighted by atomic mass is 16.8. The lowest BCUT2D eigenvalue weighted by Gasteiger charge is -2.48. The Bertz CT molecular complexity index is 1210. The summed E-state index contributed by atoms with van der Waals surface area (Å²) < 4.78 is 17.2. The first-order chi connectivity index (χ1) is 17.4. The number of pyridine rings is 1. The standard InChI is InChI=1S/C25H29N3O8/c1-2-11-14-8-16-18-12(13-4-3-6-26-22(13)27-18)5-7-28(16)23(33)15(14)10-34-24(11)36-25-21(32)20(31)19(30)17(9-29)35-25/h2-4,6,10-11,14,16-17,19-21,24-25,29-32H,1,5,7-9H2,(H,26,27)/t11-,14+,16+,17+,19-,20+,21-,24+,25-/m1/s1. The number of ether oxygens (including phenoxy) is 3. The first-order valence-electron chi connectivity index (χ1n) is 12.1. The predicted octanol–water partition coefficient (Wildman–Crippen LogP) is -0.133. The second kappa shape index (κ2) is 8.94. The van der Waals surface area contributed by atoms with Crippen molar-refractivity contribution in [3.05, 3.63) is 54.1 Å². The summed E-state index contributed by atoms with van der Waals surface area (Å²) in [5.74, 6) is -0.840. The normalized spacial score (nSPS) is 38.0. The molecule has 2 fully saturated rings. The molecule has 4 aliphatic heterocycles. The van der Waals surface area contributed by atoms with Gasteiger partial charge in [0, 0.05) is 35.7 Å². The lowest BCUT2D eigenvalue weighted by molar-refractivity contribution is -0.339. The molecule has 2 aromatic rings. The number of hydrogen-bond acceptors (Lipinski definition) is 9. The van der Waals surface area contributed by atoms with Crippen LogP contribution in [0.2, 0.25) is 0 Å². The molecule has 6 heterocycles. The van der Waals surface area contributed by atoms with Gasteiger partial charge in [-0.2, -0.15) is 0 Å². The van der Waals surface area contributed by atoms with Gasteiger partial charge < -0.3 is 44.5 Å². The fraction of sp³-hybridized carbons (Fsp3) is 0.520. The first-order valence-corrected chi connectivity index (χ1v) is 12.1. The Morgan fingerprint density at radius 2 is 2.08 bits per heavy atom. The maximum atomic E-state index is 13.5. The second-order valence-electron chi connectivity index (χ2n) is 9.75. The summed E-state index contributed by atoms with van der Waals surface area (Å²) >= 11 is 0. The number of aliphatic hydroxyl groups is 4. The van der Waals surface area contributed by atoms with E-state index in [9.17, 15) is 25.2 Å². The lowest BCUT2D eigenvalue weighted by atomic mass is 9.74. The molecule has 4 aliphatic rings. The van der Waals surface area contributed by atoms with Crippen molar-refractivity contribution in [2.24, 2.45) is 11.8 Å². The van der Waals surface area contributed by atoms with Crippen molar-refractivity contribution in [3.8, 4) is 0 Å². The fourth-order valence-corrected chi connectivity index (χ4v) is 6.01. The zero-order chi connectivity index (χ0) is 25.1. The zero-order valence-electron chi connectivity index (χ0n) is 19.4. The van der Waals surface area contributed by atoms with Gasteiger partial charge in [-0.15, -0.1) is 6.58 Å². The Labute approximate surface area is 206 Å². The molecule has 0 spiro atoms. The molecule has 5 N–H and O–H groups in total. The molecular weight excluding hydrogens is 470 g/mol. The molecule has 11 nitrogen and oxygen atoms in total. The highest BCUT2D eigenvalue weighted by molar-refractivity contribution is 5.96. The third-order valence-electron chi connectivity index (χ3n) is 7.90. The number of rotatable bonds is 4. The zero-order valence-corrected chi connectivity index (χ0v) is 19.4. The summed E-state index contributed by atoms with van der Waals surface area (Å²) in [5.41, 5.74) is 3.50. The van der Waals surface area contributed by atoms with Crippen molar-refractivity contribution in [1.29, 1.82) is 0 Å². The number of nitrogens with zero attached hydrogens (tertiary/aromatic N) is 2. The van der Waals surface area contributed by atoms with Crippen molar-refractivity contribution in [2.75, 3.05) is 13.2 Å². The van der Waals surface area contributed by atoms with Crippen molar-refractivity contribution in [3.63, 3.8) is 0 Å². The average Bonchev–Trinajstić information content (AvgIpc) is 3.28. The molecule has 9 atom stereocenters. The van der Waals surface area contributed by atoms with E-state index in [1.165, 1.54) is 11.8 Å². The van der Waals surface area contributed by atoms with Crippen LogP contribution < -0.4 is 0 Å². The number of fused-ring (bicyclic) bond motifs is 6. The molecule has 0 bridgehead atoms. The Morgan fingerprint density at radius 1 is 1.25 bits per heavy atom. The number of aromatic amines is 1. The molecule has 1 amide bonds. The molecule has 0 saturated carbocycles. The summed E-state index contributed by atoms with van der Waals surface area (Å²) in [7, 11) is 0. The maximum absolute atomic E-state index is 13.5. The number of hydrogen-bond donors (Lipinski definition) is 5. The topological polar surface area (TPSA) is 158 Å². The first kappa shape index (κ1) is 23.6. The Balaban J connectivity index is 1.28. The van der Waals surface area contributed by atoms with Crippen molar-refractivity contribution in [1.82, 2.24) is 14.9 Å². The largest absolute Gasteiger partial charge is 0.471 e. The quantitative estimate of drug-likeness (QED) is 0.361. The minimum Gasteiger partial charge on any atom is -0.471 e. The summed E-state index contributed by atoms with van der Waals surface area (Å²) in [6, 6.07) is 3.77. The van der Waals surface area contributed by atoms with E-state index in [-0.39, 0.29) is 17.9 Å². The molecule has 0 aromatic carbocycles. The van der Waals surface area contributed by atoms with Crippen LogP contribution in [0.5, 0.6) is 0 Å². The number of amides is 1. The molecule has 2 aromatic heterocycles. The number of aromatic nitrogens is 2. The SMILES string of the molecule is C=C[C@H]1[C@H](O[C@H]2O[C@@H](CO)[C@@H](O)[C@H](O)[C@H]2O)OC=C2C(=O)N3CCc4c([nH]c5ncccc45)[C@@H]3C[C@H]21. The summed E-state index contributed by atoms with van der Waals surface area (Å²) in [4.78, 5) is 23.2. The van der Waals surface area contributed by atoms with Crippen LogP contribution >= 0.6 is 0 Å². The van der Waals surface area contributed by atoms with Gasteiger partial charge in [0.15, 0.2) is 6.29 Å². The highest BCUT2D eigenvalue weighted by Crippen LogP contribution is 2.48. The van der Waals surface area contributed by atoms with Gasteiger partial charge in [-0.25, -0.2) is 4.98 Å². The van der Waals surface area contributed by atoms with E-state index in [0.717, 1.165) is 23.1 Å². The molecule has 11 heteroatoms. The third kappa shape index (κ3) is 3.50. The molecule has 2 saturated heterocycles. The minimum absolute atomic E-state index is 0.105. The molecule has 192 valence electrons. The Hall–Kier alpha value is -2.80. The summed E-state index contributed by atoms with van der Waals surface area (Å²) in [6.07, 6.45) is -1.93. The predicted molar refractivity (Wildman–Crippen MR) is 124 cm³/mol. The van der Waals surface area contributed by atoms with Gasteiger partial charge in [-0.05, 0) is 30.5 Å². The molecule has 6 rings (SSSR count). The number of aliphatic hydroxyl groups excluding tert-OH is 4. The van der Waals surface area contributed by atoms with Crippen LogP contribution in [0, 0.1) is 11.8 Å². The molecule has 0 aliphatic carbocycles. The van der Waals surface area contributed by atoms with E-state index in [4.69, 9.17) is 14.2 Å². The van der Waals surface area contributed by atoms with E-state index in [0.29, 0.717) is 18.5 Å². The number of carbonyl (C=O) groups excluding carboxylic acids is 1. The van der Waals surface area contributed by atoms with E-state index in [2.05, 4.69) is 16.5 Å². The van der Waals surface area contributed by atoms with Gasteiger partial charge in [0.25, 0.3) is 5.91 Å². The molecule has 0 unspecified atom stereocenters. The average molecular weight is 500 g/mol. The van der Waals surface area contributed by atoms with Gasteiger partial charge in [0.1, 0.15) is 30.1 Å². The minimum atomic E-state index is -1.57. The van der Waals surface area contributed by atoms with Crippen molar-refractivity contribution >= 4 is 16.9 Å². The van der Waals surface area contributed by atoms with Crippen LogP contribution in [0.4, 0.5) is 0 Å². The molecular formula is C25H29N3O8. The van der Waals surface area contributed by atoms with Gasteiger partial charge in [-0.3, -0.25) is 4.79 Å². The Kier molecular flexibility index (Phi) is 5.86. The highest BCUT2D eigenvalue weighted by Gasteiger charge is 2.51. The van der Waals surface area contributed by atoms with E-state index < -0.39 is 49.5 Å². The van der Waals surface area contributed by atoms with Crippen LogP contribution in [0.3, 0.4) is 0 Å². The van der Waals surface area contributed by atoms with Crippen LogP contribution in [-0.2, 0) is 25.4 Å². The lowest BCUT2D eigenvalue weighted by Crippen LogP contribution is -2.60. The number of piperidine rings is 1. The van der Waals surface area contributed by atoms with Gasteiger partial charge in [0.05, 0.1) is 24.5 Å². The Morgan fingerprint density at radius 3 is 2.86 bits per heavy atom. The summed E-state index contributed by atoms with van der Waals surface area (Å²) in [6.45, 7) is 3.96.